The largest absolute Gasteiger partial charge is 0.468 e. The molecule has 0 amide bonds. The normalized spacial score (nSPS) is 17.2. The van der Waals surface area contributed by atoms with Crippen LogP contribution in [0.25, 0.3) is 0 Å². The van der Waals surface area contributed by atoms with Crippen molar-refractivity contribution in [3.63, 3.8) is 0 Å². The van der Waals surface area contributed by atoms with Gasteiger partial charge in [0.2, 0.25) is 0 Å². The summed E-state index contributed by atoms with van der Waals surface area (Å²) in [4.78, 5) is 14.0. The summed E-state index contributed by atoms with van der Waals surface area (Å²) in [6, 6.07) is -0.185. The van der Waals surface area contributed by atoms with Crippen molar-refractivity contribution in [2.24, 2.45) is 5.92 Å². The molecule has 4 heteroatoms. The molecule has 0 heterocycles. The van der Waals surface area contributed by atoms with E-state index in [1.165, 1.54) is 20.0 Å². The first-order valence-corrected chi connectivity index (χ1v) is 6.74. The Bertz CT molecular complexity index is 229. The fraction of sp³-hybridized carbons (Fsp3) is 0.923. The van der Waals surface area contributed by atoms with E-state index in [0.717, 1.165) is 38.5 Å². The van der Waals surface area contributed by atoms with Crippen LogP contribution >= 0.6 is 0 Å². The van der Waals surface area contributed by atoms with Crippen molar-refractivity contribution in [3.8, 4) is 0 Å². The summed E-state index contributed by atoms with van der Waals surface area (Å²) in [6.07, 6.45) is 3.83. The molecule has 0 aromatic carbocycles. The second-order valence-corrected chi connectivity index (χ2v) is 4.84. The van der Waals surface area contributed by atoms with Gasteiger partial charge in [-0.3, -0.25) is 4.79 Å². The van der Waals surface area contributed by atoms with Crippen molar-refractivity contribution >= 4 is 5.97 Å². The number of esters is 1. The summed E-state index contributed by atoms with van der Waals surface area (Å²) in [7, 11) is 1.46. The molecule has 0 spiro atoms. The second-order valence-electron chi connectivity index (χ2n) is 4.84. The maximum Gasteiger partial charge on any atom is 0.324 e. The molecule has 0 aliphatic heterocycles. The Hall–Kier alpha value is -0.610. The first kappa shape index (κ1) is 14.5. The lowest BCUT2D eigenvalue weighted by atomic mass is 10.2. The number of methoxy groups -OCH3 is 1. The molecule has 17 heavy (non-hydrogen) atoms. The number of carbonyl (C=O) groups excluding carboxylic acids is 1. The van der Waals surface area contributed by atoms with E-state index in [4.69, 9.17) is 4.74 Å². The SMILES string of the molecule is CCCN(CC1CC1)CC(NCC)C(=O)OC. The van der Waals surface area contributed by atoms with Gasteiger partial charge in [-0.25, -0.2) is 0 Å². The molecular formula is C13H26N2O2. The van der Waals surface area contributed by atoms with Crippen molar-refractivity contribution in [1.82, 2.24) is 10.2 Å². The van der Waals surface area contributed by atoms with Gasteiger partial charge >= 0.3 is 5.97 Å². The highest BCUT2D eigenvalue weighted by molar-refractivity contribution is 5.75. The number of likely N-dealkylation sites (N-methyl/N-ethyl adjacent to an activating group) is 1. The highest BCUT2D eigenvalue weighted by Gasteiger charge is 2.27. The van der Waals surface area contributed by atoms with E-state index in [9.17, 15) is 4.79 Å². The zero-order valence-electron chi connectivity index (χ0n) is 11.4. The van der Waals surface area contributed by atoms with Gasteiger partial charge in [-0.05, 0) is 38.3 Å². The summed E-state index contributed by atoms with van der Waals surface area (Å²) in [6.45, 7) is 7.96. The van der Waals surface area contributed by atoms with Crippen LogP contribution in [0.1, 0.15) is 33.1 Å². The minimum Gasteiger partial charge on any atom is -0.468 e. The maximum atomic E-state index is 11.6. The third-order valence-corrected chi connectivity index (χ3v) is 3.13. The van der Waals surface area contributed by atoms with E-state index in [-0.39, 0.29) is 12.0 Å². The molecule has 1 aliphatic rings. The fourth-order valence-corrected chi connectivity index (χ4v) is 2.11. The average molecular weight is 242 g/mol. The summed E-state index contributed by atoms with van der Waals surface area (Å²) in [5, 5.41) is 3.20. The van der Waals surface area contributed by atoms with E-state index >= 15 is 0 Å². The van der Waals surface area contributed by atoms with Crippen LogP contribution in [-0.2, 0) is 9.53 Å². The van der Waals surface area contributed by atoms with Crippen LogP contribution in [-0.4, -0.2) is 50.2 Å². The van der Waals surface area contributed by atoms with Gasteiger partial charge in [-0.1, -0.05) is 13.8 Å². The number of carbonyl (C=O) groups is 1. The lowest BCUT2D eigenvalue weighted by Gasteiger charge is -2.26. The van der Waals surface area contributed by atoms with Crippen LogP contribution in [0.2, 0.25) is 0 Å². The molecule has 1 fully saturated rings. The number of rotatable bonds is 9. The van der Waals surface area contributed by atoms with Crippen molar-refractivity contribution in [3.05, 3.63) is 0 Å². The summed E-state index contributed by atoms with van der Waals surface area (Å²) in [5.41, 5.74) is 0. The van der Waals surface area contributed by atoms with Gasteiger partial charge in [-0.15, -0.1) is 0 Å². The monoisotopic (exact) mass is 242 g/mol. The summed E-state index contributed by atoms with van der Waals surface area (Å²) in [5.74, 6) is 0.713. The Morgan fingerprint density at radius 1 is 1.47 bits per heavy atom. The minimum absolute atomic E-state index is 0.149. The zero-order chi connectivity index (χ0) is 12.7. The standard InChI is InChI=1S/C13H26N2O2/c1-4-8-15(9-11-6-7-11)10-12(14-5-2)13(16)17-3/h11-12,14H,4-10H2,1-3H3. The third-order valence-electron chi connectivity index (χ3n) is 3.13. The predicted octanol–water partition coefficient (Wildman–Crippen LogP) is 1.26. The first-order valence-electron chi connectivity index (χ1n) is 6.74. The third kappa shape index (κ3) is 5.50. The topological polar surface area (TPSA) is 41.6 Å². The van der Waals surface area contributed by atoms with Gasteiger partial charge in [0, 0.05) is 13.1 Å². The molecule has 1 aliphatic carbocycles. The molecule has 100 valence electrons. The Morgan fingerprint density at radius 3 is 2.65 bits per heavy atom. The van der Waals surface area contributed by atoms with Crippen LogP contribution in [0.5, 0.6) is 0 Å². The Labute approximate surface area is 105 Å². The van der Waals surface area contributed by atoms with Crippen LogP contribution in [0.4, 0.5) is 0 Å². The quantitative estimate of drug-likeness (QED) is 0.618. The molecule has 0 aromatic heterocycles. The van der Waals surface area contributed by atoms with E-state index in [0.29, 0.717) is 0 Å². The molecule has 1 unspecified atom stereocenters. The lowest BCUT2D eigenvalue weighted by molar-refractivity contribution is -0.143. The molecule has 4 nitrogen and oxygen atoms in total. The van der Waals surface area contributed by atoms with Crippen molar-refractivity contribution in [2.75, 3.05) is 33.3 Å². The fourth-order valence-electron chi connectivity index (χ4n) is 2.11. The molecule has 1 atom stereocenters. The van der Waals surface area contributed by atoms with Crippen LogP contribution in [0.3, 0.4) is 0 Å². The van der Waals surface area contributed by atoms with Gasteiger partial charge in [0.1, 0.15) is 6.04 Å². The highest BCUT2D eigenvalue weighted by atomic mass is 16.5. The number of nitrogens with one attached hydrogen (secondary N) is 1. The van der Waals surface area contributed by atoms with Gasteiger partial charge in [0.05, 0.1) is 7.11 Å². The van der Waals surface area contributed by atoms with E-state index in [2.05, 4.69) is 17.1 Å². The minimum atomic E-state index is -0.185. The van der Waals surface area contributed by atoms with Crippen molar-refractivity contribution < 1.29 is 9.53 Å². The van der Waals surface area contributed by atoms with Gasteiger partial charge in [-0.2, -0.15) is 0 Å². The molecular weight excluding hydrogens is 216 g/mol. The number of ether oxygens (including phenoxy) is 1. The van der Waals surface area contributed by atoms with Gasteiger partial charge in [0.25, 0.3) is 0 Å². The van der Waals surface area contributed by atoms with Crippen LogP contribution in [0.15, 0.2) is 0 Å². The Morgan fingerprint density at radius 2 is 2.18 bits per heavy atom. The molecule has 0 saturated heterocycles. The Kier molecular flexibility index (Phi) is 6.52. The maximum absolute atomic E-state index is 11.6. The molecule has 0 aromatic rings. The number of hydrogen-bond acceptors (Lipinski definition) is 4. The summed E-state index contributed by atoms with van der Waals surface area (Å²) < 4.78 is 4.84. The molecule has 1 N–H and O–H groups in total. The van der Waals surface area contributed by atoms with Gasteiger partial charge < -0.3 is 15.0 Å². The molecule has 0 radical (unpaired) electrons. The summed E-state index contributed by atoms with van der Waals surface area (Å²) >= 11 is 0. The first-order chi connectivity index (χ1) is 8.21. The lowest BCUT2D eigenvalue weighted by Crippen LogP contribution is -2.47. The molecule has 1 rings (SSSR count). The van der Waals surface area contributed by atoms with Gasteiger partial charge in [0.15, 0.2) is 0 Å². The van der Waals surface area contributed by atoms with Crippen molar-refractivity contribution in [2.45, 2.75) is 39.2 Å². The molecule has 0 bridgehead atoms. The number of hydrogen-bond donors (Lipinski definition) is 1. The van der Waals surface area contributed by atoms with Crippen LogP contribution < -0.4 is 5.32 Å². The zero-order valence-corrected chi connectivity index (χ0v) is 11.4. The second kappa shape index (κ2) is 7.67. The van der Waals surface area contributed by atoms with E-state index in [1.54, 1.807) is 0 Å². The average Bonchev–Trinajstić information content (AvgIpc) is 3.11. The smallest absolute Gasteiger partial charge is 0.324 e. The van der Waals surface area contributed by atoms with E-state index in [1.807, 2.05) is 6.92 Å². The van der Waals surface area contributed by atoms with Crippen LogP contribution in [0, 0.1) is 5.92 Å². The molecule has 1 saturated carbocycles. The number of nitrogens with zero attached hydrogens (tertiary/aromatic N) is 1. The van der Waals surface area contributed by atoms with Crippen molar-refractivity contribution in [1.29, 1.82) is 0 Å². The Balaban J connectivity index is 2.43. The van der Waals surface area contributed by atoms with E-state index < -0.39 is 0 Å². The highest BCUT2D eigenvalue weighted by Crippen LogP contribution is 2.29. The predicted molar refractivity (Wildman–Crippen MR) is 68.9 cm³/mol.